The van der Waals surface area contributed by atoms with Crippen molar-refractivity contribution >= 4 is 11.8 Å². The first-order valence-electron chi connectivity index (χ1n) is 11.7. The molecule has 4 N–H and O–H groups in total. The zero-order valence-corrected chi connectivity index (χ0v) is 19.0. The highest BCUT2D eigenvalue weighted by Crippen LogP contribution is 2.32. The van der Waals surface area contributed by atoms with E-state index < -0.39 is 23.3 Å². The predicted molar refractivity (Wildman–Crippen MR) is 120 cm³/mol. The van der Waals surface area contributed by atoms with Gasteiger partial charge in [-0.2, -0.15) is 0 Å². The molecule has 2 atom stereocenters. The molecule has 0 aliphatic heterocycles. The number of carbonyl (C=O) groups excluding carboxylic acids is 2. The third-order valence-electron chi connectivity index (χ3n) is 5.59. The first kappa shape index (κ1) is 26.2. The third kappa shape index (κ3) is 8.90. The van der Waals surface area contributed by atoms with Gasteiger partial charge in [-0.15, -0.1) is 0 Å². The lowest BCUT2D eigenvalue weighted by molar-refractivity contribution is -0.148. The zero-order valence-electron chi connectivity index (χ0n) is 19.0. The van der Waals surface area contributed by atoms with Crippen LogP contribution in [0.5, 0.6) is 0 Å². The van der Waals surface area contributed by atoms with E-state index in [1.165, 1.54) is 44.9 Å². The fourth-order valence-corrected chi connectivity index (χ4v) is 3.68. The van der Waals surface area contributed by atoms with E-state index in [0.29, 0.717) is 19.0 Å². The van der Waals surface area contributed by atoms with Gasteiger partial charge in [0.15, 0.2) is 5.60 Å². The molecule has 172 valence electrons. The second-order valence-electron chi connectivity index (χ2n) is 8.17. The van der Waals surface area contributed by atoms with Crippen LogP contribution in [0.15, 0.2) is 24.0 Å². The maximum absolute atomic E-state index is 12.3. The Morgan fingerprint density at radius 3 is 1.93 bits per heavy atom. The fraction of sp³-hybridized carbons (Fsp3) is 0.750. The van der Waals surface area contributed by atoms with E-state index in [1.54, 1.807) is 18.2 Å². The minimum absolute atomic E-state index is 0.352. The van der Waals surface area contributed by atoms with Gasteiger partial charge in [-0.1, -0.05) is 78.1 Å². The Bertz CT molecular complexity index is 574. The van der Waals surface area contributed by atoms with Gasteiger partial charge < -0.3 is 20.9 Å². The van der Waals surface area contributed by atoms with Crippen LogP contribution >= 0.6 is 0 Å². The quantitative estimate of drug-likeness (QED) is 0.317. The molecular weight excluding hydrogens is 380 g/mol. The first-order chi connectivity index (χ1) is 14.5. The molecule has 0 saturated heterocycles. The molecule has 30 heavy (non-hydrogen) atoms. The zero-order chi connectivity index (χ0) is 22.2. The van der Waals surface area contributed by atoms with Gasteiger partial charge in [-0.05, 0) is 31.1 Å². The molecular formula is C24H42N2O4. The van der Waals surface area contributed by atoms with Gasteiger partial charge in [0.1, 0.15) is 11.7 Å². The normalized spacial score (nSPS) is 20.7. The first-order valence-corrected chi connectivity index (χ1v) is 11.7. The van der Waals surface area contributed by atoms with E-state index in [2.05, 4.69) is 13.8 Å². The third-order valence-corrected chi connectivity index (χ3v) is 5.59. The smallest absolute Gasteiger partial charge is 0.254 e. The summed E-state index contributed by atoms with van der Waals surface area (Å²) in [4.78, 5) is 24.4. The molecule has 0 fully saturated rings. The molecule has 6 nitrogen and oxygen atoms in total. The van der Waals surface area contributed by atoms with E-state index in [4.69, 9.17) is 20.9 Å². The molecule has 2 amide bonds. The average Bonchev–Trinajstić information content (AvgIpc) is 2.72. The van der Waals surface area contributed by atoms with Crippen LogP contribution < -0.4 is 11.5 Å². The minimum atomic E-state index is -1.54. The number of unbranched alkanes of at least 4 members (excludes halogenated alkanes) is 10. The summed E-state index contributed by atoms with van der Waals surface area (Å²) in [5.41, 5.74) is 9.69. The van der Waals surface area contributed by atoms with Crippen molar-refractivity contribution in [2.24, 2.45) is 17.4 Å². The lowest BCUT2D eigenvalue weighted by Crippen LogP contribution is -2.55. The van der Waals surface area contributed by atoms with Crippen molar-refractivity contribution in [3.05, 3.63) is 24.0 Å². The van der Waals surface area contributed by atoms with Gasteiger partial charge in [0, 0.05) is 6.61 Å². The maximum atomic E-state index is 12.3. The van der Waals surface area contributed by atoms with Crippen LogP contribution in [0.25, 0.3) is 0 Å². The van der Waals surface area contributed by atoms with Gasteiger partial charge >= 0.3 is 0 Å². The SMILES string of the molecule is CCCCCCCCOC1=CC(C(N)=O)C(OCCCCCCCC)(C(N)=O)C=C1. The topological polar surface area (TPSA) is 105 Å². The van der Waals surface area contributed by atoms with E-state index in [0.717, 1.165) is 32.1 Å². The molecule has 0 aromatic rings. The molecule has 0 saturated carbocycles. The second kappa shape index (κ2) is 15.1. The van der Waals surface area contributed by atoms with E-state index in [1.807, 2.05) is 0 Å². The van der Waals surface area contributed by atoms with Gasteiger partial charge in [-0.25, -0.2) is 0 Å². The van der Waals surface area contributed by atoms with Crippen molar-refractivity contribution in [2.75, 3.05) is 13.2 Å². The Morgan fingerprint density at radius 2 is 1.40 bits per heavy atom. The predicted octanol–water partition coefficient (Wildman–Crippen LogP) is 4.52. The summed E-state index contributed by atoms with van der Waals surface area (Å²) in [6, 6.07) is 0. The number of hydrogen-bond donors (Lipinski definition) is 2. The number of rotatable bonds is 18. The van der Waals surface area contributed by atoms with Crippen molar-refractivity contribution in [2.45, 2.75) is 96.5 Å². The highest BCUT2D eigenvalue weighted by molar-refractivity contribution is 5.95. The summed E-state index contributed by atoms with van der Waals surface area (Å²) in [6.07, 6.45) is 18.4. The molecule has 1 rings (SSSR count). The highest BCUT2D eigenvalue weighted by Gasteiger charge is 2.47. The molecule has 2 unspecified atom stereocenters. The van der Waals surface area contributed by atoms with Crippen molar-refractivity contribution < 1.29 is 19.1 Å². The minimum Gasteiger partial charge on any atom is -0.494 e. The second-order valence-corrected chi connectivity index (χ2v) is 8.17. The number of carbonyl (C=O) groups is 2. The molecule has 1 aliphatic rings. The number of primary amides is 2. The van der Waals surface area contributed by atoms with E-state index >= 15 is 0 Å². The maximum Gasteiger partial charge on any atom is 0.254 e. The van der Waals surface area contributed by atoms with Crippen molar-refractivity contribution in [3.8, 4) is 0 Å². The Hall–Kier alpha value is -1.82. The summed E-state index contributed by atoms with van der Waals surface area (Å²) in [7, 11) is 0. The molecule has 0 radical (unpaired) electrons. The van der Waals surface area contributed by atoms with Crippen molar-refractivity contribution in [3.63, 3.8) is 0 Å². The Labute approximate surface area is 182 Å². The summed E-state index contributed by atoms with van der Waals surface area (Å²) in [6.45, 7) is 5.29. The van der Waals surface area contributed by atoms with Gasteiger partial charge in [-0.3, -0.25) is 9.59 Å². The van der Waals surface area contributed by atoms with Crippen LogP contribution in [0.2, 0.25) is 0 Å². The standard InChI is InChI=1S/C24H42N2O4/c1-3-5-7-9-11-13-17-29-20-15-16-24(23(26)28,21(19-20)22(25)27)30-18-14-12-10-8-6-4-2/h15-16,19,21H,3-14,17-18H2,1-2H3,(H2,25,27)(H2,26,28). The van der Waals surface area contributed by atoms with Crippen LogP contribution in [0.1, 0.15) is 90.9 Å². The summed E-state index contributed by atoms with van der Waals surface area (Å²) in [5.74, 6) is -1.80. The van der Waals surface area contributed by atoms with E-state index in [-0.39, 0.29) is 0 Å². The Morgan fingerprint density at radius 1 is 0.867 bits per heavy atom. The van der Waals surface area contributed by atoms with Crippen molar-refractivity contribution in [1.82, 2.24) is 0 Å². The number of ether oxygens (including phenoxy) is 2. The van der Waals surface area contributed by atoms with Crippen LogP contribution in [-0.4, -0.2) is 30.6 Å². The van der Waals surface area contributed by atoms with Crippen LogP contribution in [-0.2, 0) is 19.1 Å². The summed E-state index contributed by atoms with van der Waals surface area (Å²) in [5, 5.41) is 0. The molecule has 0 spiro atoms. The van der Waals surface area contributed by atoms with Gasteiger partial charge in [0.05, 0.1) is 6.61 Å². The average molecular weight is 423 g/mol. The number of amides is 2. The van der Waals surface area contributed by atoms with Gasteiger partial charge in [0.25, 0.3) is 5.91 Å². The molecule has 0 aromatic carbocycles. The lowest BCUT2D eigenvalue weighted by Gasteiger charge is -2.34. The highest BCUT2D eigenvalue weighted by atomic mass is 16.5. The Balaban J connectivity index is 2.57. The van der Waals surface area contributed by atoms with Gasteiger partial charge in [0.2, 0.25) is 5.91 Å². The molecule has 0 heterocycles. The van der Waals surface area contributed by atoms with Crippen molar-refractivity contribution in [1.29, 1.82) is 0 Å². The largest absolute Gasteiger partial charge is 0.494 e. The fourth-order valence-electron chi connectivity index (χ4n) is 3.68. The van der Waals surface area contributed by atoms with Crippen LogP contribution in [0.4, 0.5) is 0 Å². The number of nitrogens with two attached hydrogens (primary N) is 2. The molecule has 0 aromatic heterocycles. The lowest BCUT2D eigenvalue weighted by atomic mass is 9.81. The summed E-state index contributed by atoms with van der Waals surface area (Å²) >= 11 is 0. The summed E-state index contributed by atoms with van der Waals surface area (Å²) < 4.78 is 11.7. The molecule has 1 aliphatic carbocycles. The monoisotopic (exact) mass is 422 g/mol. The number of allylic oxidation sites excluding steroid dienone is 1. The van der Waals surface area contributed by atoms with E-state index in [9.17, 15) is 9.59 Å². The van der Waals surface area contributed by atoms with Crippen LogP contribution in [0.3, 0.4) is 0 Å². The molecule has 0 bridgehead atoms. The van der Waals surface area contributed by atoms with Crippen LogP contribution in [0, 0.1) is 5.92 Å². The Kier molecular flexibility index (Phi) is 13.2. The number of hydrogen-bond acceptors (Lipinski definition) is 4. The molecule has 6 heteroatoms.